The zero-order valence-electron chi connectivity index (χ0n) is 15.3. The van der Waals surface area contributed by atoms with Crippen molar-refractivity contribution in [1.82, 2.24) is 9.97 Å². The van der Waals surface area contributed by atoms with Gasteiger partial charge in [0.2, 0.25) is 0 Å². The van der Waals surface area contributed by atoms with Gasteiger partial charge in [-0.2, -0.15) is 0 Å². The third kappa shape index (κ3) is 2.65. The summed E-state index contributed by atoms with van der Waals surface area (Å²) in [5.41, 5.74) is 1.08. The van der Waals surface area contributed by atoms with E-state index in [4.69, 9.17) is 4.74 Å². The number of halogens is 1. The second kappa shape index (κ2) is 6.88. The van der Waals surface area contributed by atoms with Crippen LogP contribution >= 0.6 is 0 Å². The Kier molecular flexibility index (Phi) is 4.38. The first-order chi connectivity index (χ1) is 13.6. The molecule has 2 heterocycles. The third-order valence-corrected chi connectivity index (χ3v) is 4.78. The molecular weight excluding hydrogens is 363 g/mol. The second-order valence-electron chi connectivity index (χ2n) is 6.30. The van der Waals surface area contributed by atoms with Crippen molar-refractivity contribution in [2.45, 2.75) is 13.5 Å². The van der Waals surface area contributed by atoms with Crippen LogP contribution in [-0.2, 0) is 6.54 Å². The number of hydrogen-bond acceptors (Lipinski definition) is 5. The summed E-state index contributed by atoms with van der Waals surface area (Å²) in [7, 11) is 1.57. The van der Waals surface area contributed by atoms with Crippen LogP contribution in [0.25, 0.3) is 10.9 Å². The van der Waals surface area contributed by atoms with E-state index >= 15 is 4.39 Å². The van der Waals surface area contributed by atoms with E-state index in [9.17, 15) is 9.59 Å². The molecule has 1 aliphatic heterocycles. The van der Waals surface area contributed by atoms with E-state index in [0.29, 0.717) is 35.3 Å². The Balaban J connectivity index is 1.93. The molecule has 28 heavy (non-hydrogen) atoms. The normalized spacial score (nSPS) is 13.2. The van der Waals surface area contributed by atoms with Crippen LogP contribution in [0.1, 0.15) is 22.8 Å². The number of aromatic nitrogens is 2. The zero-order chi connectivity index (χ0) is 19.8. The Morgan fingerprint density at radius 3 is 2.57 bits per heavy atom. The number of anilines is 2. The molecule has 7 nitrogen and oxygen atoms in total. The summed E-state index contributed by atoms with van der Waals surface area (Å²) >= 11 is 0. The molecule has 2 amide bonds. The molecule has 4 rings (SSSR count). The molecule has 0 N–H and O–H groups in total. The molecule has 0 atom stereocenters. The molecule has 1 aliphatic rings. The number of nitrogens with zero attached hydrogens (tertiary/aromatic N) is 4. The number of amides is 2. The Hall–Kier alpha value is -3.55. The van der Waals surface area contributed by atoms with Crippen molar-refractivity contribution >= 4 is 34.7 Å². The Morgan fingerprint density at radius 1 is 1.18 bits per heavy atom. The second-order valence-corrected chi connectivity index (χ2v) is 6.30. The number of carbonyl (C=O) groups is 2. The van der Waals surface area contributed by atoms with Crippen LogP contribution in [0.2, 0.25) is 0 Å². The van der Waals surface area contributed by atoms with Gasteiger partial charge in [0, 0.05) is 6.54 Å². The molecule has 1 aromatic heterocycles. The first-order valence-electron chi connectivity index (χ1n) is 8.73. The van der Waals surface area contributed by atoms with Crippen LogP contribution in [0.15, 0.2) is 36.7 Å². The summed E-state index contributed by atoms with van der Waals surface area (Å²) in [4.78, 5) is 35.7. The van der Waals surface area contributed by atoms with Gasteiger partial charge in [0.15, 0.2) is 12.1 Å². The molecule has 0 saturated heterocycles. The van der Waals surface area contributed by atoms with Crippen molar-refractivity contribution in [2.24, 2.45) is 0 Å². The average Bonchev–Trinajstić information content (AvgIpc) is 2.72. The van der Waals surface area contributed by atoms with E-state index in [1.54, 1.807) is 31.4 Å². The highest BCUT2D eigenvalue weighted by atomic mass is 19.1. The van der Waals surface area contributed by atoms with Crippen LogP contribution in [0.3, 0.4) is 0 Å². The molecule has 0 fully saturated rings. The van der Waals surface area contributed by atoms with Gasteiger partial charge in [0.05, 0.1) is 35.8 Å². The molecular formula is C20H17FN4O3. The summed E-state index contributed by atoms with van der Waals surface area (Å²) in [6.45, 7) is 2.31. The lowest BCUT2D eigenvalue weighted by Gasteiger charge is -2.35. The number of ether oxygens (including phenoxy) is 1. The fraction of sp³-hybridized carbons (Fsp3) is 0.200. The molecule has 0 radical (unpaired) electrons. The van der Waals surface area contributed by atoms with E-state index < -0.39 is 11.8 Å². The number of urea groups is 1. The van der Waals surface area contributed by atoms with Crippen molar-refractivity contribution in [3.8, 4) is 5.75 Å². The van der Waals surface area contributed by atoms with Gasteiger partial charge in [0.1, 0.15) is 17.9 Å². The molecule has 3 aromatic rings. The van der Waals surface area contributed by atoms with Crippen molar-refractivity contribution in [2.75, 3.05) is 23.5 Å². The van der Waals surface area contributed by atoms with Gasteiger partial charge in [0.25, 0.3) is 0 Å². The largest absolute Gasteiger partial charge is 0.497 e. The van der Waals surface area contributed by atoms with Crippen LogP contribution in [0, 0.1) is 5.82 Å². The van der Waals surface area contributed by atoms with Crippen molar-refractivity contribution in [3.63, 3.8) is 0 Å². The quantitative estimate of drug-likeness (QED) is 0.633. The number of benzene rings is 2. The number of methoxy groups -OCH3 is 1. The molecule has 8 heteroatoms. The first kappa shape index (κ1) is 17.8. The Bertz CT molecular complexity index is 1080. The van der Waals surface area contributed by atoms with E-state index in [-0.39, 0.29) is 17.8 Å². The van der Waals surface area contributed by atoms with Crippen molar-refractivity contribution in [3.05, 3.63) is 53.6 Å². The van der Waals surface area contributed by atoms with E-state index in [2.05, 4.69) is 9.97 Å². The van der Waals surface area contributed by atoms with E-state index in [1.807, 2.05) is 6.92 Å². The standard InChI is InChI=1S/C20H17FN4O3/c1-3-24-19-16-15(22-11-23-19)8-13(10-26)17(21)18(16)25(20(24)27)9-12-4-6-14(28-2)7-5-12/h4-8,10-11H,3,9H2,1-2H3. The van der Waals surface area contributed by atoms with E-state index in [1.165, 1.54) is 22.2 Å². The molecule has 0 aliphatic carbocycles. The highest BCUT2D eigenvalue weighted by Gasteiger charge is 2.36. The van der Waals surface area contributed by atoms with Crippen LogP contribution in [-0.4, -0.2) is 35.9 Å². The van der Waals surface area contributed by atoms with Crippen LogP contribution < -0.4 is 14.5 Å². The summed E-state index contributed by atoms with van der Waals surface area (Å²) in [6, 6.07) is 8.11. The fourth-order valence-corrected chi connectivity index (χ4v) is 3.40. The predicted molar refractivity (Wildman–Crippen MR) is 102 cm³/mol. The van der Waals surface area contributed by atoms with Crippen LogP contribution in [0.4, 0.5) is 20.7 Å². The molecule has 0 bridgehead atoms. The highest BCUT2D eigenvalue weighted by molar-refractivity contribution is 6.19. The first-order valence-corrected chi connectivity index (χ1v) is 8.73. The van der Waals surface area contributed by atoms with Gasteiger partial charge < -0.3 is 4.74 Å². The Labute approximate surface area is 160 Å². The average molecular weight is 380 g/mol. The lowest BCUT2D eigenvalue weighted by molar-refractivity contribution is 0.112. The number of hydrogen-bond donors (Lipinski definition) is 0. The van der Waals surface area contributed by atoms with Crippen LogP contribution in [0.5, 0.6) is 5.75 Å². The van der Waals surface area contributed by atoms with Gasteiger partial charge in [-0.1, -0.05) is 12.1 Å². The fourth-order valence-electron chi connectivity index (χ4n) is 3.40. The van der Waals surface area contributed by atoms with Gasteiger partial charge >= 0.3 is 6.03 Å². The van der Waals surface area contributed by atoms with Crippen molar-refractivity contribution in [1.29, 1.82) is 0 Å². The highest BCUT2D eigenvalue weighted by Crippen LogP contribution is 2.41. The zero-order valence-corrected chi connectivity index (χ0v) is 15.3. The summed E-state index contributed by atoms with van der Waals surface area (Å²) in [6.07, 6.45) is 1.73. The minimum atomic E-state index is -0.754. The molecule has 142 valence electrons. The lowest BCUT2D eigenvalue weighted by atomic mass is 10.0. The van der Waals surface area contributed by atoms with Gasteiger partial charge in [-0.3, -0.25) is 14.6 Å². The number of aldehydes is 1. The Morgan fingerprint density at radius 2 is 1.93 bits per heavy atom. The van der Waals surface area contributed by atoms with Gasteiger partial charge in [-0.25, -0.2) is 19.2 Å². The van der Waals surface area contributed by atoms with Gasteiger partial charge in [-0.15, -0.1) is 0 Å². The lowest BCUT2D eigenvalue weighted by Crippen LogP contribution is -2.47. The summed E-state index contributed by atoms with van der Waals surface area (Å²) < 4.78 is 20.3. The maximum Gasteiger partial charge on any atom is 0.330 e. The topological polar surface area (TPSA) is 75.6 Å². The van der Waals surface area contributed by atoms with Gasteiger partial charge in [-0.05, 0) is 30.7 Å². The van der Waals surface area contributed by atoms with Crippen molar-refractivity contribution < 1.29 is 18.7 Å². The molecule has 0 spiro atoms. The maximum absolute atomic E-state index is 15.2. The molecule has 0 saturated carbocycles. The molecule has 2 aromatic carbocycles. The minimum Gasteiger partial charge on any atom is -0.497 e. The maximum atomic E-state index is 15.2. The summed E-state index contributed by atoms with van der Waals surface area (Å²) in [5.74, 6) is 0.269. The number of carbonyl (C=O) groups excluding carboxylic acids is 2. The SMILES string of the molecule is CCN1C(=O)N(Cc2ccc(OC)cc2)c2c(F)c(C=O)cc3ncnc1c23. The predicted octanol–water partition coefficient (Wildman–Crippen LogP) is 3.56. The molecule has 0 unspecified atom stereocenters. The summed E-state index contributed by atoms with van der Waals surface area (Å²) in [5, 5.41) is 0.417. The van der Waals surface area contributed by atoms with E-state index in [0.717, 1.165) is 5.56 Å². The smallest absolute Gasteiger partial charge is 0.330 e. The number of rotatable bonds is 5. The minimum absolute atomic E-state index is 0.0284. The monoisotopic (exact) mass is 380 g/mol. The third-order valence-electron chi connectivity index (χ3n) is 4.78.